The molecule has 0 unspecified atom stereocenters. The zero-order chi connectivity index (χ0) is 9.80. The van der Waals surface area contributed by atoms with Gasteiger partial charge in [-0.2, -0.15) is 0 Å². The van der Waals surface area contributed by atoms with Crippen molar-refractivity contribution in [1.29, 1.82) is 0 Å². The topological polar surface area (TPSA) is 26.0 Å². The van der Waals surface area contributed by atoms with E-state index in [2.05, 4.69) is 41.8 Å². The van der Waals surface area contributed by atoms with E-state index >= 15 is 0 Å². The summed E-state index contributed by atoms with van der Waals surface area (Å²) in [5.74, 6) is 0. The van der Waals surface area contributed by atoms with Crippen molar-refractivity contribution in [3.63, 3.8) is 0 Å². The van der Waals surface area contributed by atoms with Crippen LogP contribution >= 0.6 is 11.3 Å². The number of nitrogens with two attached hydrogens (primary N) is 1. The maximum Gasteiger partial charge on any atom is 0.0345 e. The molecule has 0 spiro atoms. The Balaban J connectivity index is 2.42. The van der Waals surface area contributed by atoms with E-state index < -0.39 is 0 Å². The number of hydrogen-bond donors (Lipinski definition) is 1. The molecule has 0 atom stereocenters. The van der Waals surface area contributed by atoms with Crippen molar-refractivity contribution in [2.75, 3.05) is 6.54 Å². The lowest BCUT2D eigenvalue weighted by Crippen LogP contribution is -2.03. The normalized spacial score (nSPS) is 10.4. The molecule has 1 nitrogen and oxygen atoms in total. The van der Waals surface area contributed by atoms with Gasteiger partial charge in [0.05, 0.1) is 0 Å². The average molecular weight is 203 g/mol. The summed E-state index contributed by atoms with van der Waals surface area (Å²) < 4.78 is 0. The molecule has 0 radical (unpaired) electrons. The predicted molar refractivity (Wildman–Crippen MR) is 62.5 cm³/mol. The van der Waals surface area contributed by atoms with Crippen LogP contribution in [0.3, 0.4) is 0 Å². The number of rotatable bonds is 3. The molecule has 2 aromatic rings. The molecule has 72 valence electrons. The third kappa shape index (κ3) is 1.86. The highest BCUT2D eigenvalue weighted by Crippen LogP contribution is 2.27. The zero-order valence-corrected chi connectivity index (χ0v) is 8.76. The van der Waals surface area contributed by atoms with Crippen molar-refractivity contribution in [3.05, 3.63) is 47.3 Å². The molecule has 1 heterocycles. The van der Waals surface area contributed by atoms with Crippen molar-refractivity contribution in [2.45, 2.75) is 6.42 Å². The van der Waals surface area contributed by atoms with Crippen molar-refractivity contribution < 1.29 is 0 Å². The van der Waals surface area contributed by atoms with Gasteiger partial charge < -0.3 is 5.73 Å². The van der Waals surface area contributed by atoms with E-state index in [1.54, 1.807) is 11.3 Å². The quantitative estimate of drug-likeness (QED) is 0.815. The predicted octanol–water partition coefficient (Wildman–Crippen LogP) is 2.92. The van der Waals surface area contributed by atoms with E-state index in [9.17, 15) is 0 Å². The van der Waals surface area contributed by atoms with Gasteiger partial charge in [-0.15, -0.1) is 11.3 Å². The van der Waals surface area contributed by atoms with E-state index in [1.807, 2.05) is 0 Å². The first-order valence-electron chi connectivity index (χ1n) is 4.73. The van der Waals surface area contributed by atoms with Crippen molar-refractivity contribution in [1.82, 2.24) is 0 Å². The molecule has 0 amide bonds. The lowest BCUT2D eigenvalue weighted by atomic mass is 10.0. The summed E-state index contributed by atoms with van der Waals surface area (Å²) in [4.78, 5) is 1.33. The molecule has 0 fully saturated rings. The van der Waals surface area contributed by atoms with Crippen LogP contribution in [0.1, 0.15) is 5.56 Å². The molecule has 14 heavy (non-hydrogen) atoms. The van der Waals surface area contributed by atoms with E-state index in [0.717, 1.165) is 6.42 Å². The van der Waals surface area contributed by atoms with Crippen LogP contribution in [0.25, 0.3) is 10.4 Å². The van der Waals surface area contributed by atoms with Crippen LogP contribution in [-0.2, 0) is 6.42 Å². The van der Waals surface area contributed by atoms with Gasteiger partial charge in [-0.1, -0.05) is 30.3 Å². The Morgan fingerprint density at radius 2 is 1.93 bits per heavy atom. The minimum Gasteiger partial charge on any atom is -0.330 e. The standard InChI is InChI=1S/C12H13NS/c13-8-7-10-4-1-2-5-11(10)12-6-3-9-14-12/h1-6,9H,7-8,13H2. The fourth-order valence-corrected chi connectivity index (χ4v) is 2.35. The van der Waals surface area contributed by atoms with E-state index in [1.165, 1.54) is 16.0 Å². The smallest absolute Gasteiger partial charge is 0.0345 e. The molecule has 1 aromatic heterocycles. The van der Waals surface area contributed by atoms with Gasteiger partial charge in [-0.25, -0.2) is 0 Å². The van der Waals surface area contributed by atoms with E-state index in [0.29, 0.717) is 6.54 Å². The number of benzene rings is 1. The monoisotopic (exact) mass is 203 g/mol. The minimum absolute atomic E-state index is 0.711. The molecule has 0 saturated heterocycles. The number of thiophene rings is 1. The van der Waals surface area contributed by atoms with Crippen molar-refractivity contribution in [2.24, 2.45) is 5.73 Å². The minimum atomic E-state index is 0.711. The van der Waals surface area contributed by atoms with Crippen LogP contribution in [0, 0.1) is 0 Å². The first kappa shape index (κ1) is 9.44. The molecule has 0 saturated carbocycles. The van der Waals surface area contributed by atoms with Gasteiger partial charge in [-0.3, -0.25) is 0 Å². The lowest BCUT2D eigenvalue weighted by molar-refractivity contribution is 0.971. The summed E-state index contributed by atoms with van der Waals surface area (Å²) >= 11 is 1.78. The summed E-state index contributed by atoms with van der Waals surface area (Å²) in [7, 11) is 0. The van der Waals surface area contributed by atoms with Gasteiger partial charge in [0, 0.05) is 4.88 Å². The van der Waals surface area contributed by atoms with Crippen molar-refractivity contribution in [3.8, 4) is 10.4 Å². The summed E-state index contributed by atoms with van der Waals surface area (Å²) in [5, 5.41) is 2.11. The summed E-state index contributed by atoms with van der Waals surface area (Å²) in [5.41, 5.74) is 8.26. The SMILES string of the molecule is NCCc1ccccc1-c1cccs1. The molecule has 2 N–H and O–H groups in total. The van der Waals surface area contributed by atoms with Crippen molar-refractivity contribution >= 4 is 11.3 Å². The Morgan fingerprint density at radius 1 is 1.07 bits per heavy atom. The Morgan fingerprint density at radius 3 is 2.64 bits per heavy atom. The van der Waals surface area contributed by atoms with Crippen LogP contribution < -0.4 is 5.73 Å². The van der Waals surface area contributed by atoms with E-state index in [4.69, 9.17) is 5.73 Å². The van der Waals surface area contributed by atoms with Gasteiger partial charge in [0.25, 0.3) is 0 Å². The first-order valence-corrected chi connectivity index (χ1v) is 5.61. The molecule has 2 rings (SSSR count). The fraction of sp³-hybridized carbons (Fsp3) is 0.167. The zero-order valence-electron chi connectivity index (χ0n) is 7.94. The molecule has 0 aliphatic rings. The Labute approximate surface area is 88.2 Å². The Bertz CT molecular complexity index is 392. The largest absolute Gasteiger partial charge is 0.330 e. The second kappa shape index (κ2) is 4.40. The third-order valence-corrected chi connectivity index (χ3v) is 3.12. The summed E-state index contributed by atoms with van der Waals surface area (Å²) in [6.45, 7) is 0.711. The lowest BCUT2D eigenvalue weighted by Gasteiger charge is -2.05. The molecule has 0 aliphatic carbocycles. The molecular formula is C12H13NS. The molecule has 2 heteroatoms. The number of hydrogen-bond acceptors (Lipinski definition) is 2. The van der Waals surface area contributed by atoms with Crippen LogP contribution in [0.2, 0.25) is 0 Å². The summed E-state index contributed by atoms with van der Waals surface area (Å²) in [6, 6.07) is 12.7. The van der Waals surface area contributed by atoms with Gasteiger partial charge >= 0.3 is 0 Å². The first-order chi connectivity index (χ1) is 6.92. The van der Waals surface area contributed by atoms with Crippen LogP contribution in [0.15, 0.2) is 41.8 Å². The van der Waals surface area contributed by atoms with Gasteiger partial charge in [0.2, 0.25) is 0 Å². The second-order valence-corrected chi connectivity index (χ2v) is 4.12. The second-order valence-electron chi connectivity index (χ2n) is 3.17. The van der Waals surface area contributed by atoms with Gasteiger partial charge in [0.15, 0.2) is 0 Å². The maximum atomic E-state index is 5.59. The average Bonchev–Trinajstić information content (AvgIpc) is 2.72. The van der Waals surface area contributed by atoms with Crippen LogP contribution in [0.5, 0.6) is 0 Å². The van der Waals surface area contributed by atoms with Gasteiger partial charge in [0.1, 0.15) is 0 Å². The van der Waals surface area contributed by atoms with Gasteiger partial charge in [-0.05, 0) is 35.5 Å². The van der Waals surface area contributed by atoms with Crippen LogP contribution in [-0.4, -0.2) is 6.54 Å². The Kier molecular flexibility index (Phi) is 2.96. The summed E-state index contributed by atoms with van der Waals surface area (Å²) in [6.07, 6.45) is 0.952. The third-order valence-electron chi connectivity index (χ3n) is 2.22. The highest BCUT2D eigenvalue weighted by atomic mass is 32.1. The van der Waals surface area contributed by atoms with Crippen LogP contribution in [0.4, 0.5) is 0 Å². The molecule has 0 aliphatic heterocycles. The van der Waals surface area contributed by atoms with E-state index in [-0.39, 0.29) is 0 Å². The maximum absolute atomic E-state index is 5.59. The fourth-order valence-electron chi connectivity index (χ4n) is 1.57. The molecule has 1 aromatic carbocycles. The highest BCUT2D eigenvalue weighted by Gasteiger charge is 2.03. The molecule has 0 bridgehead atoms. The highest BCUT2D eigenvalue weighted by molar-refractivity contribution is 7.13. The Hall–Kier alpha value is -1.12. The molecular weight excluding hydrogens is 190 g/mol.